The molecule has 0 aliphatic heterocycles. The molecule has 1 aromatic carbocycles. The Labute approximate surface area is 129 Å². The van der Waals surface area contributed by atoms with Crippen LogP contribution in [-0.2, 0) is 7.05 Å². The molecule has 0 saturated heterocycles. The molecule has 1 N–H and O–H groups in total. The van der Waals surface area contributed by atoms with Crippen molar-refractivity contribution < 1.29 is 14.0 Å². The van der Waals surface area contributed by atoms with Crippen molar-refractivity contribution in [1.29, 1.82) is 0 Å². The van der Waals surface area contributed by atoms with Gasteiger partial charge in [0.15, 0.2) is 0 Å². The van der Waals surface area contributed by atoms with Gasteiger partial charge in [-0.3, -0.25) is 9.59 Å². The van der Waals surface area contributed by atoms with Crippen molar-refractivity contribution >= 4 is 11.7 Å². The predicted molar refractivity (Wildman–Crippen MR) is 82.5 cm³/mol. The number of aryl methyl sites for hydroxylation is 1. The minimum absolute atomic E-state index is 0.00789. The van der Waals surface area contributed by atoms with Crippen molar-refractivity contribution in [2.45, 2.75) is 26.3 Å². The molecule has 1 aromatic heterocycles. The fraction of sp³-hybridized carbons (Fsp3) is 0.294. The van der Waals surface area contributed by atoms with Crippen LogP contribution in [-0.4, -0.2) is 21.8 Å². The summed E-state index contributed by atoms with van der Waals surface area (Å²) in [4.78, 5) is 24.6. The van der Waals surface area contributed by atoms with Crippen LogP contribution in [0.5, 0.6) is 0 Å². The van der Waals surface area contributed by atoms with E-state index in [4.69, 9.17) is 0 Å². The van der Waals surface area contributed by atoms with Crippen molar-refractivity contribution in [1.82, 2.24) is 9.88 Å². The number of amides is 1. The quantitative estimate of drug-likeness (QED) is 0.886. The molecule has 4 nitrogen and oxygen atoms in total. The summed E-state index contributed by atoms with van der Waals surface area (Å²) in [7, 11) is 1.65. The van der Waals surface area contributed by atoms with Crippen LogP contribution in [0.1, 0.15) is 47.2 Å². The van der Waals surface area contributed by atoms with Crippen molar-refractivity contribution in [3.8, 4) is 0 Å². The summed E-state index contributed by atoms with van der Waals surface area (Å²) in [6, 6.07) is 7.28. The van der Waals surface area contributed by atoms with Gasteiger partial charge in [0.1, 0.15) is 5.82 Å². The van der Waals surface area contributed by atoms with E-state index in [0.717, 1.165) is 0 Å². The van der Waals surface area contributed by atoms with Crippen LogP contribution in [0, 0.1) is 5.82 Å². The number of nitrogens with one attached hydrogen (secondary N) is 1. The van der Waals surface area contributed by atoms with Gasteiger partial charge in [0.2, 0.25) is 5.78 Å². The SMILES string of the molecule is Cn1cc(C(=O)NC(C)(C)C)cc1C(=O)c1ccccc1F. The van der Waals surface area contributed by atoms with E-state index >= 15 is 0 Å². The van der Waals surface area contributed by atoms with Gasteiger partial charge in [-0.05, 0) is 39.0 Å². The summed E-state index contributed by atoms with van der Waals surface area (Å²) < 4.78 is 15.3. The molecular weight excluding hydrogens is 283 g/mol. The molecule has 2 aromatic rings. The lowest BCUT2D eigenvalue weighted by molar-refractivity contribution is 0.0919. The largest absolute Gasteiger partial charge is 0.347 e. The van der Waals surface area contributed by atoms with E-state index in [1.165, 1.54) is 28.8 Å². The van der Waals surface area contributed by atoms with Crippen molar-refractivity contribution in [2.24, 2.45) is 7.05 Å². The van der Waals surface area contributed by atoms with Crippen LogP contribution < -0.4 is 5.32 Å². The third-order valence-corrected chi connectivity index (χ3v) is 3.11. The van der Waals surface area contributed by atoms with Crippen LogP contribution in [0.2, 0.25) is 0 Å². The first-order valence-corrected chi connectivity index (χ1v) is 6.97. The topological polar surface area (TPSA) is 51.1 Å². The minimum Gasteiger partial charge on any atom is -0.347 e. The van der Waals surface area contributed by atoms with E-state index in [9.17, 15) is 14.0 Å². The van der Waals surface area contributed by atoms with Gasteiger partial charge in [0.25, 0.3) is 5.91 Å². The van der Waals surface area contributed by atoms with Crippen molar-refractivity contribution in [3.63, 3.8) is 0 Å². The Morgan fingerprint density at radius 1 is 1.18 bits per heavy atom. The van der Waals surface area contributed by atoms with Gasteiger partial charge in [0.05, 0.1) is 16.8 Å². The predicted octanol–water partition coefficient (Wildman–Crippen LogP) is 2.92. The zero-order chi connectivity index (χ0) is 16.5. The fourth-order valence-corrected chi connectivity index (χ4v) is 2.11. The fourth-order valence-electron chi connectivity index (χ4n) is 2.11. The number of halogens is 1. The van der Waals surface area contributed by atoms with Crippen LogP contribution in [0.4, 0.5) is 4.39 Å². The number of carbonyl (C=O) groups excluding carboxylic acids is 2. The average molecular weight is 302 g/mol. The summed E-state index contributed by atoms with van der Waals surface area (Å²) >= 11 is 0. The summed E-state index contributed by atoms with van der Waals surface area (Å²) in [6.07, 6.45) is 1.56. The maximum absolute atomic E-state index is 13.7. The molecule has 0 aliphatic carbocycles. The summed E-state index contributed by atoms with van der Waals surface area (Å²) in [5.41, 5.74) is 0.260. The summed E-state index contributed by atoms with van der Waals surface area (Å²) in [5, 5.41) is 2.83. The minimum atomic E-state index is -0.575. The third kappa shape index (κ3) is 3.42. The Balaban J connectivity index is 2.33. The Morgan fingerprint density at radius 2 is 1.82 bits per heavy atom. The second-order valence-electron chi connectivity index (χ2n) is 6.24. The second-order valence-corrected chi connectivity index (χ2v) is 6.24. The number of aromatic nitrogens is 1. The Bertz CT molecular complexity index is 727. The molecule has 0 atom stereocenters. The Hall–Kier alpha value is -2.43. The standard InChI is InChI=1S/C17H19FN2O2/c1-17(2,3)19-16(22)11-9-14(20(4)10-11)15(21)12-7-5-6-8-13(12)18/h5-10H,1-4H3,(H,19,22). The van der Waals surface area contributed by atoms with Gasteiger partial charge in [-0.1, -0.05) is 12.1 Å². The molecule has 0 radical (unpaired) electrons. The van der Waals surface area contributed by atoms with Gasteiger partial charge in [-0.2, -0.15) is 0 Å². The first-order valence-electron chi connectivity index (χ1n) is 6.97. The Kier molecular flexibility index (Phi) is 4.17. The highest BCUT2D eigenvalue weighted by molar-refractivity contribution is 6.09. The normalized spacial score (nSPS) is 11.3. The first-order chi connectivity index (χ1) is 10.2. The Morgan fingerprint density at radius 3 is 2.41 bits per heavy atom. The van der Waals surface area contributed by atoms with Gasteiger partial charge in [0, 0.05) is 18.8 Å². The molecule has 0 spiro atoms. The average Bonchev–Trinajstić information content (AvgIpc) is 2.79. The highest BCUT2D eigenvalue weighted by Gasteiger charge is 2.21. The zero-order valence-electron chi connectivity index (χ0n) is 13.1. The highest BCUT2D eigenvalue weighted by atomic mass is 19.1. The lowest BCUT2D eigenvalue weighted by Crippen LogP contribution is -2.40. The van der Waals surface area contributed by atoms with Gasteiger partial charge in [-0.25, -0.2) is 4.39 Å². The van der Waals surface area contributed by atoms with E-state index in [1.807, 2.05) is 20.8 Å². The number of rotatable bonds is 3. The number of nitrogens with zero attached hydrogens (tertiary/aromatic N) is 1. The summed E-state index contributed by atoms with van der Waals surface area (Å²) in [6.45, 7) is 5.62. The smallest absolute Gasteiger partial charge is 0.253 e. The van der Waals surface area contributed by atoms with E-state index < -0.39 is 11.6 Å². The van der Waals surface area contributed by atoms with Crippen LogP contribution in [0.3, 0.4) is 0 Å². The lowest BCUT2D eigenvalue weighted by Gasteiger charge is -2.19. The monoisotopic (exact) mass is 302 g/mol. The van der Waals surface area contributed by atoms with Crippen LogP contribution >= 0.6 is 0 Å². The maximum Gasteiger partial charge on any atom is 0.253 e. The molecule has 0 bridgehead atoms. The number of benzene rings is 1. The van der Waals surface area contributed by atoms with E-state index in [0.29, 0.717) is 5.56 Å². The molecule has 0 unspecified atom stereocenters. The van der Waals surface area contributed by atoms with E-state index in [-0.39, 0.29) is 22.7 Å². The molecule has 1 heterocycles. The molecule has 0 aliphatic rings. The maximum atomic E-state index is 13.7. The molecule has 5 heteroatoms. The second kappa shape index (κ2) is 5.75. The number of ketones is 1. The number of hydrogen-bond donors (Lipinski definition) is 1. The summed E-state index contributed by atoms with van der Waals surface area (Å²) in [5.74, 6) is -1.29. The molecule has 116 valence electrons. The van der Waals surface area contributed by atoms with Crippen LogP contribution in [0.15, 0.2) is 36.5 Å². The molecule has 0 fully saturated rings. The van der Waals surface area contributed by atoms with Gasteiger partial charge in [-0.15, -0.1) is 0 Å². The van der Waals surface area contributed by atoms with Gasteiger partial charge >= 0.3 is 0 Å². The van der Waals surface area contributed by atoms with E-state index in [1.54, 1.807) is 19.3 Å². The molecule has 22 heavy (non-hydrogen) atoms. The lowest BCUT2D eigenvalue weighted by atomic mass is 10.1. The molecule has 1 amide bonds. The van der Waals surface area contributed by atoms with E-state index in [2.05, 4.69) is 5.32 Å². The number of hydrogen-bond acceptors (Lipinski definition) is 2. The highest BCUT2D eigenvalue weighted by Crippen LogP contribution is 2.16. The number of carbonyl (C=O) groups is 2. The molecule has 0 saturated carbocycles. The van der Waals surface area contributed by atoms with Crippen molar-refractivity contribution in [3.05, 3.63) is 59.2 Å². The van der Waals surface area contributed by atoms with Gasteiger partial charge < -0.3 is 9.88 Å². The van der Waals surface area contributed by atoms with Crippen molar-refractivity contribution in [2.75, 3.05) is 0 Å². The van der Waals surface area contributed by atoms with Crippen LogP contribution in [0.25, 0.3) is 0 Å². The molecular formula is C17H19FN2O2. The zero-order valence-corrected chi connectivity index (χ0v) is 13.1. The first kappa shape index (κ1) is 15.9. The molecule has 2 rings (SSSR count). The third-order valence-electron chi connectivity index (χ3n) is 3.11.